The van der Waals surface area contributed by atoms with Crippen LogP contribution in [0.4, 0.5) is 0 Å². The Labute approximate surface area is 160 Å². The molecule has 0 aromatic carbocycles. The van der Waals surface area contributed by atoms with E-state index in [1.165, 1.54) is 12.5 Å². The third-order valence-electron chi connectivity index (χ3n) is 8.11. The average Bonchev–Trinajstić information content (AvgIpc) is 2.93. The molecule has 5 heteroatoms. The molecule has 4 bridgehead atoms. The summed E-state index contributed by atoms with van der Waals surface area (Å²) in [5.74, 6) is 0.162. The summed E-state index contributed by atoms with van der Waals surface area (Å²) in [5, 5.41) is 0. The Morgan fingerprint density at radius 1 is 1.30 bits per heavy atom. The molecule has 1 aliphatic heterocycles. The van der Waals surface area contributed by atoms with Crippen LogP contribution in [0.1, 0.15) is 72.1 Å². The molecule has 3 aliphatic carbocycles. The van der Waals surface area contributed by atoms with E-state index in [0.29, 0.717) is 31.0 Å². The molecule has 148 valence electrons. The number of carbonyl (C=O) groups is 3. The molecule has 0 N–H and O–H groups in total. The standard InChI is InChI=1S/C22H30O5/c1-13-11-22(12-15(13)5-6-17(22)24)10-7-16-20(3)9-8-18(26-14(2)23)21(16,4)19(25)27-20/h15-16,18H,1,5-12H2,2-4H3/t15-,16-,18+,20+,21+,22-/m1/s1. The van der Waals surface area contributed by atoms with Gasteiger partial charge in [0.25, 0.3) is 0 Å². The van der Waals surface area contributed by atoms with Gasteiger partial charge in [-0.15, -0.1) is 0 Å². The second-order valence-electron chi connectivity index (χ2n) is 9.69. The van der Waals surface area contributed by atoms with Crippen molar-refractivity contribution in [2.24, 2.45) is 22.7 Å². The third kappa shape index (κ3) is 2.60. The highest BCUT2D eigenvalue weighted by Crippen LogP contribution is 2.60. The topological polar surface area (TPSA) is 69.7 Å². The van der Waals surface area contributed by atoms with E-state index in [1.54, 1.807) is 0 Å². The molecule has 1 saturated heterocycles. The van der Waals surface area contributed by atoms with Gasteiger partial charge in [-0.3, -0.25) is 14.4 Å². The van der Waals surface area contributed by atoms with Gasteiger partial charge < -0.3 is 9.47 Å². The van der Waals surface area contributed by atoms with Gasteiger partial charge in [0.1, 0.15) is 22.9 Å². The van der Waals surface area contributed by atoms with E-state index in [1.807, 2.05) is 13.8 Å². The highest BCUT2D eigenvalue weighted by Gasteiger charge is 2.67. The number of fused-ring (bicyclic) bond motifs is 4. The van der Waals surface area contributed by atoms with Crippen molar-refractivity contribution in [1.29, 1.82) is 0 Å². The van der Waals surface area contributed by atoms with Crippen LogP contribution in [-0.4, -0.2) is 29.4 Å². The predicted octanol–water partition coefficient (Wildman–Crippen LogP) is 3.75. The summed E-state index contributed by atoms with van der Waals surface area (Å²) in [4.78, 5) is 37.2. The van der Waals surface area contributed by atoms with Crippen molar-refractivity contribution in [3.63, 3.8) is 0 Å². The molecule has 6 atom stereocenters. The SMILES string of the molecule is C=C1C[C@]2(CC[C@H]3[C@]4(C)C(=O)O[C@@]3(C)CC[C@@H]4OC(C)=O)C[C@H]1CCC2=O. The summed E-state index contributed by atoms with van der Waals surface area (Å²) >= 11 is 0. The Bertz CT molecular complexity index is 726. The fraction of sp³-hybridized carbons (Fsp3) is 0.773. The van der Waals surface area contributed by atoms with E-state index in [2.05, 4.69) is 6.58 Å². The van der Waals surface area contributed by atoms with Crippen LogP contribution >= 0.6 is 0 Å². The zero-order valence-corrected chi connectivity index (χ0v) is 16.6. The van der Waals surface area contributed by atoms with Gasteiger partial charge in [-0.1, -0.05) is 12.2 Å². The number of carbonyl (C=O) groups excluding carboxylic acids is 3. The smallest absolute Gasteiger partial charge is 0.316 e. The van der Waals surface area contributed by atoms with Crippen LogP contribution in [0.3, 0.4) is 0 Å². The average molecular weight is 374 g/mol. The molecule has 5 nitrogen and oxygen atoms in total. The minimum Gasteiger partial charge on any atom is -0.461 e. The number of ether oxygens (including phenoxy) is 2. The van der Waals surface area contributed by atoms with E-state index < -0.39 is 17.1 Å². The number of ketones is 1. The second-order valence-corrected chi connectivity index (χ2v) is 9.69. The highest BCUT2D eigenvalue weighted by molar-refractivity contribution is 5.87. The van der Waals surface area contributed by atoms with Gasteiger partial charge in [0.2, 0.25) is 0 Å². The summed E-state index contributed by atoms with van der Waals surface area (Å²) in [5.41, 5.74) is -0.452. The normalized spacial score (nSPS) is 45.7. The van der Waals surface area contributed by atoms with Gasteiger partial charge in [-0.05, 0) is 64.7 Å². The molecule has 0 unspecified atom stereocenters. The maximum absolute atomic E-state index is 12.8. The molecule has 0 amide bonds. The van der Waals surface area contributed by atoms with Crippen molar-refractivity contribution in [2.45, 2.75) is 83.8 Å². The number of allylic oxidation sites excluding steroid dienone is 1. The molecule has 27 heavy (non-hydrogen) atoms. The van der Waals surface area contributed by atoms with E-state index in [9.17, 15) is 14.4 Å². The minimum absolute atomic E-state index is 0.0491. The number of hydrogen-bond acceptors (Lipinski definition) is 5. The zero-order chi connectivity index (χ0) is 19.6. The highest BCUT2D eigenvalue weighted by atomic mass is 16.6. The van der Waals surface area contributed by atoms with Gasteiger partial charge in [0.15, 0.2) is 0 Å². The maximum atomic E-state index is 12.8. The Morgan fingerprint density at radius 2 is 2.04 bits per heavy atom. The molecule has 4 fully saturated rings. The summed E-state index contributed by atoms with van der Waals surface area (Å²) in [7, 11) is 0. The van der Waals surface area contributed by atoms with E-state index in [0.717, 1.165) is 32.1 Å². The predicted molar refractivity (Wildman–Crippen MR) is 98.7 cm³/mol. The van der Waals surface area contributed by atoms with Crippen LogP contribution < -0.4 is 0 Å². The van der Waals surface area contributed by atoms with Crippen molar-refractivity contribution in [1.82, 2.24) is 0 Å². The van der Waals surface area contributed by atoms with Gasteiger partial charge in [0, 0.05) is 24.7 Å². The van der Waals surface area contributed by atoms with E-state index in [4.69, 9.17) is 9.47 Å². The van der Waals surface area contributed by atoms with Crippen molar-refractivity contribution >= 4 is 17.7 Å². The van der Waals surface area contributed by atoms with Gasteiger partial charge in [-0.25, -0.2) is 0 Å². The van der Waals surface area contributed by atoms with Gasteiger partial charge >= 0.3 is 11.9 Å². The van der Waals surface area contributed by atoms with Gasteiger partial charge in [0.05, 0.1) is 0 Å². The number of Topliss-reactive ketones (excluding diaryl/α,β-unsaturated/α-hetero) is 1. The Morgan fingerprint density at radius 3 is 2.74 bits per heavy atom. The van der Waals surface area contributed by atoms with Crippen LogP contribution in [0.15, 0.2) is 12.2 Å². The summed E-state index contributed by atoms with van der Waals surface area (Å²) in [6, 6.07) is 0. The summed E-state index contributed by atoms with van der Waals surface area (Å²) in [6.45, 7) is 9.48. The van der Waals surface area contributed by atoms with Gasteiger partial charge in [-0.2, -0.15) is 0 Å². The van der Waals surface area contributed by atoms with Crippen molar-refractivity contribution in [2.75, 3.05) is 0 Å². The Balaban J connectivity index is 1.59. The molecular weight excluding hydrogens is 344 g/mol. The first-order valence-corrected chi connectivity index (χ1v) is 10.2. The first-order chi connectivity index (χ1) is 12.6. The molecule has 0 aromatic heterocycles. The largest absolute Gasteiger partial charge is 0.461 e. The fourth-order valence-electron chi connectivity index (χ4n) is 6.56. The monoisotopic (exact) mass is 374 g/mol. The fourth-order valence-corrected chi connectivity index (χ4v) is 6.56. The second kappa shape index (κ2) is 5.92. The molecule has 4 aliphatic rings. The summed E-state index contributed by atoms with van der Waals surface area (Å²) < 4.78 is 11.4. The van der Waals surface area contributed by atoms with Crippen LogP contribution in [0.25, 0.3) is 0 Å². The van der Waals surface area contributed by atoms with E-state index in [-0.39, 0.29) is 23.3 Å². The Hall–Kier alpha value is -1.65. The van der Waals surface area contributed by atoms with E-state index >= 15 is 0 Å². The quantitative estimate of drug-likeness (QED) is 0.554. The zero-order valence-electron chi connectivity index (χ0n) is 16.6. The maximum Gasteiger partial charge on any atom is 0.316 e. The third-order valence-corrected chi connectivity index (χ3v) is 8.11. The number of esters is 2. The van der Waals surface area contributed by atoms with Crippen molar-refractivity contribution < 1.29 is 23.9 Å². The lowest BCUT2D eigenvalue weighted by atomic mass is 9.58. The molecular formula is C22H30O5. The first-order valence-electron chi connectivity index (χ1n) is 10.2. The lowest BCUT2D eigenvalue weighted by molar-refractivity contribution is -0.163. The van der Waals surface area contributed by atoms with Crippen molar-refractivity contribution in [3.8, 4) is 0 Å². The summed E-state index contributed by atoms with van der Waals surface area (Å²) in [6.07, 6.45) is 5.66. The van der Waals surface area contributed by atoms with Crippen molar-refractivity contribution in [3.05, 3.63) is 12.2 Å². The van der Waals surface area contributed by atoms with Crippen LogP contribution in [0, 0.1) is 22.7 Å². The Kier molecular flexibility index (Phi) is 4.10. The van der Waals surface area contributed by atoms with Crippen LogP contribution in [0.5, 0.6) is 0 Å². The molecule has 4 rings (SSSR count). The number of hydrogen-bond donors (Lipinski definition) is 0. The molecule has 3 saturated carbocycles. The van der Waals surface area contributed by atoms with Crippen LogP contribution in [0.2, 0.25) is 0 Å². The molecule has 0 spiro atoms. The lowest BCUT2D eigenvalue weighted by Crippen LogP contribution is -2.52. The number of rotatable bonds is 4. The molecule has 0 aromatic rings. The molecule has 0 radical (unpaired) electrons. The molecule has 1 heterocycles. The van der Waals surface area contributed by atoms with Crippen LogP contribution in [-0.2, 0) is 23.9 Å². The lowest BCUT2D eigenvalue weighted by Gasteiger charge is -2.45. The minimum atomic E-state index is -0.831. The first kappa shape index (κ1) is 18.7.